The summed E-state index contributed by atoms with van der Waals surface area (Å²) in [4.78, 5) is 22.8. The molecule has 6 nitrogen and oxygen atoms in total. The van der Waals surface area contributed by atoms with Crippen LogP contribution >= 0.6 is 0 Å². The normalized spacial score (nSPS) is 10.4. The molecular weight excluding hydrogens is 250 g/mol. The number of carbonyl (C=O) groups is 2. The fraction of sp³-hybridized carbons (Fsp3) is 0.385. The van der Waals surface area contributed by atoms with Crippen LogP contribution in [-0.4, -0.2) is 46.7 Å². The van der Waals surface area contributed by atoms with Crippen LogP contribution in [0.15, 0.2) is 24.3 Å². The highest BCUT2D eigenvalue weighted by molar-refractivity contribution is 5.72. The van der Waals surface area contributed by atoms with Gasteiger partial charge in [-0.15, -0.1) is 0 Å². The summed E-state index contributed by atoms with van der Waals surface area (Å²) in [5.74, 6) is -1.48. The molecule has 0 unspecified atom stereocenters. The smallest absolute Gasteiger partial charge is 0.317 e. The predicted molar refractivity (Wildman–Crippen MR) is 68.2 cm³/mol. The van der Waals surface area contributed by atoms with Crippen molar-refractivity contribution in [2.45, 2.75) is 13.5 Å². The molecule has 0 fully saturated rings. The molecule has 0 heterocycles. The Balaban J connectivity index is 2.82. The van der Waals surface area contributed by atoms with Gasteiger partial charge in [-0.2, -0.15) is 0 Å². The third kappa shape index (κ3) is 5.39. The van der Waals surface area contributed by atoms with Crippen molar-refractivity contribution < 1.29 is 24.5 Å². The summed E-state index contributed by atoms with van der Waals surface area (Å²) in [5.41, 5.74) is 0.770. The van der Waals surface area contributed by atoms with Gasteiger partial charge in [0.25, 0.3) is 0 Å². The van der Waals surface area contributed by atoms with Gasteiger partial charge >= 0.3 is 11.9 Å². The Kier molecular flexibility index (Phi) is 5.81. The number of benzene rings is 1. The minimum absolute atomic E-state index is 0.217. The molecule has 2 N–H and O–H groups in total. The van der Waals surface area contributed by atoms with E-state index in [2.05, 4.69) is 0 Å². The molecule has 6 heteroatoms. The first-order valence-corrected chi connectivity index (χ1v) is 5.89. The average molecular weight is 267 g/mol. The molecule has 19 heavy (non-hydrogen) atoms. The third-order valence-electron chi connectivity index (χ3n) is 2.38. The molecule has 0 spiro atoms. The van der Waals surface area contributed by atoms with Crippen LogP contribution < -0.4 is 4.74 Å². The summed E-state index contributed by atoms with van der Waals surface area (Å²) in [6.07, 6.45) is 0. The van der Waals surface area contributed by atoms with E-state index in [1.54, 1.807) is 18.2 Å². The summed E-state index contributed by atoms with van der Waals surface area (Å²) < 4.78 is 5.43. The van der Waals surface area contributed by atoms with Crippen LogP contribution in [0.5, 0.6) is 5.75 Å². The molecule has 1 aromatic carbocycles. The zero-order valence-corrected chi connectivity index (χ0v) is 10.7. The van der Waals surface area contributed by atoms with Crippen molar-refractivity contribution in [3.8, 4) is 5.75 Å². The maximum absolute atomic E-state index is 10.7. The van der Waals surface area contributed by atoms with Gasteiger partial charge in [0.1, 0.15) is 5.75 Å². The Morgan fingerprint density at radius 2 is 1.74 bits per heavy atom. The summed E-state index contributed by atoms with van der Waals surface area (Å²) in [7, 11) is 0. The second-order valence-electron chi connectivity index (χ2n) is 3.97. The summed E-state index contributed by atoms with van der Waals surface area (Å²) in [6, 6.07) is 7.19. The zero-order valence-electron chi connectivity index (χ0n) is 10.7. The van der Waals surface area contributed by atoms with Crippen LogP contribution in [0.25, 0.3) is 0 Å². The topological polar surface area (TPSA) is 87.1 Å². The molecule has 0 aromatic heterocycles. The zero-order chi connectivity index (χ0) is 14.3. The second kappa shape index (κ2) is 7.38. The van der Waals surface area contributed by atoms with Crippen molar-refractivity contribution in [1.29, 1.82) is 0 Å². The van der Waals surface area contributed by atoms with E-state index in [-0.39, 0.29) is 19.6 Å². The minimum Gasteiger partial charge on any atom is -0.494 e. The van der Waals surface area contributed by atoms with Crippen molar-refractivity contribution in [2.75, 3.05) is 19.7 Å². The van der Waals surface area contributed by atoms with Gasteiger partial charge in [-0.05, 0) is 13.0 Å². The molecule has 0 aliphatic rings. The standard InChI is InChI=1S/C13H17NO5/c1-2-19-11-6-4-3-5-10(11)7-14(8-12(15)16)9-13(17)18/h3-6H,2,7-9H2,1H3,(H,15,16)(H,17,18). The molecular formula is C13H17NO5. The minimum atomic E-state index is -1.06. The first-order chi connectivity index (χ1) is 9.02. The number of hydrogen-bond donors (Lipinski definition) is 2. The number of carboxylic acids is 2. The average Bonchev–Trinajstić information content (AvgIpc) is 2.30. The van der Waals surface area contributed by atoms with Crippen molar-refractivity contribution >= 4 is 11.9 Å². The predicted octanol–water partition coefficient (Wildman–Crippen LogP) is 1.06. The SMILES string of the molecule is CCOc1ccccc1CN(CC(=O)O)CC(=O)O. The number of nitrogens with zero attached hydrogens (tertiary/aromatic N) is 1. The molecule has 1 rings (SSSR count). The molecule has 0 aliphatic carbocycles. The van der Waals surface area contributed by atoms with E-state index in [1.807, 2.05) is 13.0 Å². The summed E-state index contributed by atoms with van der Waals surface area (Å²) >= 11 is 0. The fourth-order valence-electron chi connectivity index (χ4n) is 1.72. The van der Waals surface area contributed by atoms with Gasteiger partial charge in [0.05, 0.1) is 19.7 Å². The lowest BCUT2D eigenvalue weighted by Crippen LogP contribution is -2.34. The molecule has 0 amide bonds. The van der Waals surface area contributed by atoms with Gasteiger partial charge in [-0.3, -0.25) is 14.5 Å². The van der Waals surface area contributed by atoms with Crippen LogP contribution in [0.1, 0.15) is 12.5 Å². The third-order valence-corrected chi connectivity index (χ3v) is 2.38. The van der Waals surface area contributed by atoms with Crippen LogP contribution in [-0.2, 0) is 16.1 Å². The van der Waals surface area contributed by atoms with Crippen molar-refractivity contribution in [3.63, 3.8) is 0 Å². The molecule has 0 bridgehead atoms. The molecule has 0 saturated carbocycles. The number of carboxylic acid groups (broad SMARTS) is 2. The van der Waals surface area contributed by atoms with Crippen molar-refractivity contribution in [2.24, 2.45) is 0 Å². The molecule has 0 saturated heterocycles. The van der Waals surface area contributed by atoms with E-state index in [9.17, 15) is 9.59 Å². The van der Waals surface area contributed by atoms with Crippen LogP contribution in [0.4, 0.5) is 0 Å². The van der Waals surface area contributed by atoms with Gasteiger partial charge in [0.15, 0.2) is 0 Å². The number of hydrogen-bond acceptors (Lipinski definition) is 4. The van der Waals surface area contributed by atoms with E-state index in [1.165, 1.54) is 4.90 Å². The van der Waals surface area contributed by atoms with Crippen molar-refractivity contribution in [3.05, 3.63) is 29.8 Å². The fourth-order valence-corrected chi connectivity index (χ4v) is 1.72. The monoisotopic (exact) mass is 267 g/mol. The lowest BCUT2D eigenvalue weighted by Gasteiger charge is -2.19. The highest BCUT2D eigenvalue weighted by atomic mass is 16.5. The van der Waals surface area contributed by atoms with E-state index >= 15 is 0 Å². The highest BCUT2D eigenvalue weighted by Crippen LogP contribution is 2.19. The Morgan fingerprint density at radius 3 is 2.26 bits per heavy atom. The molecule has 104 valence electrons. The Bertz CT molecular complexity index is 430. The quantitative estimate of drug-likeness (QED) is 0.732. The second-order valence-corrected chi connectivity index (χ2v) is 3.97. The maximum Gasteiger partial charge on any atom is 0.317 e. The number of aliphatic carboxylic acids is 2. The van der Waals surface area contributed by atoms with E-state index in [0.717, 1.165) is 5.56 Å². The van der Waals surface area contributed by atoms with Gasteiger partial charge in [-0.1, -0.05) is 18.2 Å². The first kappa shape index (κ1) is 15.0. The summed E-state index contributed by atoms with van der Waals surface area (Å²) in [5, 5.41) is 17.6. The molecule has 0 radical (unpaired) electrons. The van der Waals surface area contributed by atoms with Gasteiger partial charge in [0.2, 0.25) is 0 Å². The Labute approximate surface area is 111 Å². The van der Waals surface area contributed by atoms with E-state index < -0.39 is 11.9 Å². The number of rotatable bonds is 8. The van der Waals surface area contributed by atoms with Crippen LogP contribution in [0.3, 0.4) is 0 Å². The molecule has 0 aliphatic heterocycles. The molecule has 1 aromatic rings. The summed E-state index contributed by atoms with van der Waals surface area (Å²) in [6.45, 7) is 1.91. The lowest BCUT2D eigenvalue weighted by molar-refractivity contribution is -0.142. The van der Waals surface area contributed by atoms with Gasteiger partial charge in [-0.25, -0.2) is 0 Å². The van der Waals surface area contributed by atoms with E-state index in [4.69, 9.17) is 14.9 Å². The number of para-hydroxylation sites is 1. The van der Waals surface area contributed by atoms with Crippen molar-refractivity contribution in [1.82, 2.24) is 4.90 Å². The van der Waals surface area contributed by atoms with Crippen LogP contribution in [0.2, 0.25) is 0 Å². The van der Waals surface area contributed by atoms with E-state index in [0.29, 0.717) is 12.4 Å². The lowest BCUT2D eigenvalue weighted by atomic mass is 10.2. The first-order valence-electron chi connectivity index (χ1n) is 5.89. The molecule has 0 atom stereocenters. The number of ether oxygens (including phenoxy) is 1. The van der Waals surface area contributed by atoms with Gasteiger partial charge < -0.3 is 14.9 Å². The maximum atomic E-state index is 10.7. The highest BCUT2D eigenvalue weighted by Gasteiger charge is 2.15. The van der Waals surface area contributed by atoms with Crippen LogP contribution in [0, 0.1) is 0 Å². The largest absolute Gasteiger partial charge is 0.494 e. The Morgan fingerprint density at radius 1 is 1.16 bits per heavy atom. The Hall–Kier alpha value is -2.08. The van der Waals surface area contributed by atoms with Gasteiger partial charge in [0, 0.05) is 12.1 Å².